The predicted octanol–water partition coefficient (Wildman–Crippen LogP) is 3.29. The first-order valence-electron chi connectivity index (χ1n) is 5.69. The summed E-state index contributed by atoms with van der Waals surface area (Å²) >= 11 is 0. The van der Waals surface area contributed by atoms with E-state index < -0.39 is 0 Å². The molecule has 18 heavy (non-hydrogen) atoms. The molecule has 0 fully saturated rings. The van der Waals surface area contributed by atoms with E-state index in [-0.39, 0.29) is 12.5 Å². The maximum Gasteiger partial charge on any atom is 0.231 e. The van der Waals surface area contributed by atoms with Crippen LogP contribution >= 0.6 is 0 Å². The number of phenols is 1. The minimum atomic E-state index is 0.187. The normalized spacial score (nSPS) is 13.1. The summed E-state index contributed by atoms with van der Waals surface area (Å²) in [7, 11) is 0. The zero-order valence-corrected chi connectivity index (χ0v) is 9.67. The molecule has 1 aliphatic heterocycles. The summed E-state index contributed by atoms with van der Waals surface area (Å²) in [6.45, 7) is 0.209. The van der Waals surface area contributed by atoms with Crippen LogP contribution in [0.2, 0.25) is 0 Å². The fraction of sp³-hybridized carbons (Fsp3) is 0.0667. The van der Waals surface area contributed by atoms with Gasteiger partial charge in [-0.1, -0.05) is 42.5 Å². The zero-order chi connectivity index (χ0) is 12.4. The smallest absolute Gasteiger partial charge is 0.231 e. The molecule has 0 aromatic heterocycles. The highest BCUT2D eigenvalue weighted by atomic mass is 16.7. The summed E-state index contributed by atoms with van der Waals surface area (Å²) in [5, 5.41) is 9.87. The molecule has 0 bridgehead atoms. The van der Waals surface area contributed by atoms with Crippen LogP contribution in [-0.2, 0) is 0 Å². The van der Waals surface area contributed by atoms with E-state index in [4.69, 9.17) is 9.47 Å². The van der Waals surface area contributed by atoms with Gasteiger partial charge in [-0.2, -0.15) is 0 Å². The Morgan fingerprint density at radius 2 is 1.67 bits per heavy atom. The van der Waals surface area contributed by atoms with E-state index >= 15 is 0 Å². The maximum absolute atomic E-state index is 9.87. The number of phenolic OH excluding ortho intramolecular Hbond substituents is 1. The first kappa shape index (κ1) is 10.7. The van der Waals surface area contributed by atoms with Gasteiger partial charge in [-0.05, 0) is 11.6 Å². The molecule has 3 heteroatoms. The number of hydrogen-bond acceptors (Lipinski definition) is 3. The van der Waals surface area contributed by atoms with Crippen molar-refractivity contribution in [3.05, 3.63) is 53.6 Å². The highest BCUT2D eigenvalue weighted by Gasteiger charge is 2.15. The number of benzene rings is 2. The van der Waals surface area contributed by atoms with Gasteiger partial charge in [0.2, 0.25) is 6.79 Å². The lowest BCUT2D eigenvalue weighted by atomic mass is 10.1. The standard InChI is InChI=1S/C15H12O3/c16-13-9-15-14(17-10-18-15)8-12(13)7-6-11-4-2-1-3-5-11/h1-9,16H,10H2/b7-6+. The summed E-state index contributed by atoms with van der Waals surface area (Å²) < 4.78 is 10.5. The van der Waals surface area contributed by atoms with Crippen LogP contribution in [0, 0.1) is 0 Å². The highest BCUT2D eigenvalue weighted by Crippen LogP contribution is 2.38. The van der Waals surface area contributed by atoms with Crippen LogP contribution in [0.1, 0.15) is 11.1 Å². The van der Waals surface area contributed by atoms with Crippen molar-refractivity contribution in [3.63, 3.8) is 0 Å². The highest BCUT2D eigenvalue weighted by molar-refractivity contribution is 5.74. The summed E-state index contributed by atoms with van der Waals surface area (Å²) in [6, 6.07) is 13.3. The first-order chi connectivity index (χ1) is 8.83. The second-order valence-electron chi connectivity index (χ2n) is 4.01. The van der Waals surface area contributed by atoms with Crippen molar-refractivity contribution in [1.82, 2.24) is 0 Å². The predicted molar refractivity (Wildman–Crippen MR) is 69.6 cm³/mol. The maximum atomic E-state index is 9.87. The van der Waals surface area contributed by atoms with Crippen molar-refractivity contribution in [2.24, 2.45) is 0 Å². The summed E-state index contributed by atoms with van der Waals surface area (Å²) in [5.74, 6) is 1.44. The fourth-order valence-corrected chi connectivity index (χ4v) is 1.83. The third-order valence-electron chi connectivity index (χ3n) is 2.78. The Labute approximate surface area is 105 Å². The Balaban J connectivity index is 1.91. The molecule has 2 aromatic carbocycles. The molecule has 1 N–H and O–H groups in total. The van der Waals surface area contributed by atoms with Crippen molar-refractivity contribution >= 4 is 12.2 Å². The van der Waals surface area contributed by atoms with Gasteiger partial charge in [0.25, 0.3) is 0 Å². The molecule has 2 aromatic rings. The van der Waals surface area contributed by atoms with Crippen LogP contribution in [0.5, 0.6) is 17.2 Å². The van der Waals surface area contributed by atoms with Crippen molar-refractivity contribution in [2.45, 2.75) is 0 Å². The monoisotopic (exact) mass is 240 g/mol. The Hall–Kier alpha value is -2.42. The number of hydrogen-bond donors (Lipinski definition) is 1. The number of ether oxygens (including phenoxy) is 2. The van der Waals surface area contributed by atoms with Crippen LogP contribution < -0.4 is 9.47 Å². The van der Waals surface area contributed by atoms with Crippen LogP contribution in [0.25, 0.3) is 12.2 Å². The van der Waals surface area contributed by atoms with Gasteiger partial charge in [-0.25, -0.2) is 0 Å². The average molecular weight is 240 g/mol. The third-order valence-corrected chi connectivity index (χ3v) is 2.78. The molecule has 0 spiro atoms. The van der Waals surface area contributed by atoms with E-state index in [0.29, 0.717) is 17.1 Å². The van der Waals surface area contributed by atoms with Gasteiger partial charge in [0.15, 0.2) is 11.5 Å². The Kier molecular flexibility index (Phi) is 2.65. The molecule has 3 rings (SSSR count). The molecule has 0 aliphatic carbocycles. The molecular formula is C15H12O3. The summed E-state index contributed by atoms with van der Waals surface area (Å²) in [6.07, 6.45) is 3.80. The molecule has 0 saturated carbocycles. The molecule has 0 atom stereocenters. The Bertz CT molecular complexity index is 588. The number of fused-ring (bicyclic) bond motifs is 1. The second kappa shape index (κ2) is 4.45. The topological polar surface area (TPSA) is 38.7 Å². The van der Waals surface area contributed by atoms with Gasteiger partial charge >= 0.3 is 0 Å². The average Bonchev–Trinajstić information content (AvgIpc) is 2.84. The molecule has 90 valence electrons. The van der Waals surface area contributed by atoms with Gasteiger partial charge in [0, 0.05) is 11.6 Å². The second-order valence-corrected chi connectivity index (χ2v) is 4.01. The summed E-state index contributed by atoms with van der Waals surface area (Å²) in [5.41, 5.74) is 1.79. The Morgan fingerprint density at radius 3 is 2.44 bits per heavy atom. The van der Waals surface area contributed by atoms with Crippen molar-refractivity contribution in [2.75, 3.05) is 6.79 Å². The van der Waals surface area contributed by atoms with Crippen molar-refractivity contribution < 1.29 is 14.6 Å². The van der Waals surface area contributed by atoms with Crippen molar-refractivity contribution in [1.29, 1.82) is 0 Å². The van der Waals surface area contributed by atoms with Crippen LogP contribution in [-0.4, -0.2) is 11.9 Å². The minimum absolute atomic E-state index is 0.187. The number of rotatable bonds is 2. The fourth-order valence-electron chi connectivity index (χ4n) is 1.83. The molecule has 0 amide bonds. The molecule has 3 nitrogen and oxygen atoms in total. The third kappa shape index (κ3) is 2.02. The van der Waals surface area contributed by atoms with E-state index in [1.807, 2.05) is 42.5 Å². The van der Waals surface area contributed by atoms with Gasteiger partial charge in [-0.3, -0.25) is 0 Å². The van der Waals surface area contributed by atoms with E-state index in [9.17, 15) is 5.11 Å². The van der Waals surface area contributed by atoms with E-state index in [1.165, 1.54) is 0 Å². The van der Waals surface area contributed by atoms with Gasteiger partial charge in [0.1, 0.15) is 5.75 Å². The lowest BCUT2D eigenvalue weighted by Crippen LogP contribution is -1.92. The lowest BCUT2D eigenvalue weighted by Gasteiger charge is -2.01. The lowest BCUT2D eigenvalue weighted by molar-refractivity contribution is 0.174. The van der Waals surface area contributed by atoms with Gasteiger partial charge in [0.05, 0.1) is 0 Å². The molecule has 0 saturated heterocycles. The molecular weight excluding hydrogens is 228 g/mol. The first-order valence-corrected chi connectivity index (χ1v) is 5.69. The SMILES string of the molecule is Oc1cc2c(cc1/C=C/c1ccccc1)OCO2. The van der Waals surface area contributed by atoms with Gasteiger partial charge in [-0.15, -0.1) is 0 Å². The molecule has 0 radical (unpaired) electrons. The zero-order valence-electron chi connectivity index (χ0n) is 9.67. The van der Waals surface area contributed by atoms with Crippen molar-refractivity contribution in [3.8, 4) is 17.2 Å². The number of aromatic hydroxyl groups is 1. The van der Waals surface area contributed by atoms with Crippen LogP contribution in [0.4, 0.5) is 0 Å². The van der Waals surface area contributed by atoms with E-state index in [0.717, 1.165) is 5.56 Å². The molecule has 1 heterocycles. The van der Waals surface area contributed by atoms with Crippen LogP contribution in [0.15, 0.2) is 42.5 Å². The van der Waals surface area contributed by atoms with E-state index in [1.54, 1.807) is 12.1 Å². The quantitative estimate of drug-likeness (QED) is 0.818. The molecule has 1 aliphatic rings. The van der Waals surface area contributed by atoms with Crippen LogP contribution in [0.3, 0.4) is 0 Å². The summed E-state index contributed by atoms with van der Waals surface area (Å²) in [4.78, 5) is 0. The van der Waals surface area contributed by atoms with E-state index in [2.05, 4.69) is 0 Å². The molecule has 0 unspecified atom stereocenters. The minimum Gasteiger partial charge on any atom is -0.507 e. The largest absolute Gasteiger partial charge is 0.507 e. The Morgan fingerprint density at radius 1 is 0.944 bits per heavy atom. The van der Waals surface area contributed by atoms with Gasteiger partial charge < -0.3 is 14.6 Å².